The molecule has 2 aliphatic carbocycles. The summed E-state index contributed by atoms with van der Waals surface area (Å²) in [5.74, 6) is -1.21. The molecule has 0 aromatic carbocycles. The van der Waals surface area contributed by atoms with Crippen LogP contribution < -0.4 is 5.32 Å². The van der Waals surface area contributed by atoms with Crippen molar-refractivity contribution in [3.63, 3.8) is 0 Å². The highest BCUT2D eigenvalue weighted by Gasteiger charge is 2.37. The number of fused-ring (bicyclic) bond motifs is 1. The second-order valence-electron chi connectivity index (χ2n) is 7.39. The number of hydrogen-bond donors (Lipinski definition) is 2. The van der Waals surface area contributed by atoms with Gasteiger partial charge in [0, 0.05) is 4.88 Å². The van der Waals surface area contributed by atoms with E-state index in [-0.39, 0.29) is 5.91 Å². The molecule has 1 fully saturated rings. The van der Waals surface area contributed by atoms with Gasteiger partial charge in [-0.15, -0.1) is 11.3 Å². The van der Waals surface area contributed by atoms with Crippen LogP contribution >= 0.6 is 11.3 Å². The molecular weight excluding hydrogens is 366 g/mol. The van der Waals surface area contributed by atoms with E-state index in [0.717, 1.165) is 44.1 Å². The lowest BCUT2D eigenvalue weighted by atomic mass is 9.78. The fourth-order valence-electron chi connectivity index (χ4n) is 4.22. The zero-order valence-electron chi connectivity index (χ0n) is 15.3. The number of carboxylic acid groups (broad SMARTS) is 1. The number of aryl methyl sites for hydroxylation is 2. The molecule has 2 aliphatic rings. The average Bonchev–Trinajstić information content (AvgIpc) is 3.24. The lowest BCUT2D eigenvalue weighted by molar-refractivity contribution is -0.147. The van der Waals surface area contributed by atoms with Gasteiger partial charge in [-0.1, -0.05) is 18.0 Å². The first-order valence-electron chi connectivity index (χ1n) is 9.53. The van der Waals surface area contributed by atoms with Gasteiger partial charge in [-0.05, 0) is 51.0 Å². The topological polar surface area (TPSA) is 105 Å². The highest BCUT2D eigenvalue weighted by Crippen LogP contribution is 2.44. The summed E-state index contributed by atoms with van der Waals surface area (Å²) in [5, 5.41) is 17.1. The van der Waals surface area contributed by atoms with E-state index in [0.29, 0.717) is 29.6 Å². The van der Waals surface area contributed by atoms with Gasteiger partial charge in [-0.2, -0.15) is 4.98 Å². The number of hydrogen-bond acceptors (Lipinski definition) is 6. The minimum Gasteiger partial charge on any atom is -0.481 e. The summed E-state index contributed by atoms with van der Waals surface area (Å²) in [6, 6.07) is 0. The quantitative estimate of drug-likeness (QED) is 0.824. The molecule has 4 rings (SSSR count). The number of anilines is 1. The van der Waals surface area contributed by atoms with Crippen LogP contribution in [0.2, 0.25) is 0 Å². The molecule has 0 radical (unpaired) electrons. The van der Waals surface area contributed by atoms with Crippen LogP contribution in [0.5, 0.6) is 0 Å². The van der Waals surface area contributed by atoms with E-state index in [1.165, 1.54) is 10.4 Å². The van der Waals surface area contributed by atoms with Crippen molar-refractivity contribution < 1.29 is 19.2 Å². The van der Waals surface area contributed by atoms with Gasteiger partial charge in [-0.25, -0.2) is 0 Å². The van der Waals surface area contributed by atoms with Crippen LogP contribution in [0.1, 0.15) is 54.8 Å². The van der Waals surface area contributed by atoms with Crippen molar-refractivity contribution in [2.75, 3.05) is 5.32 Å². The van der Waals surface area contributed by atoms with Crippen LogP contribution in [0.4, 0.5) is 5.00 Å². The van der Waals surface area contributed by atoms with E-state index in [4.69, 9.17) is 4.52 Å². The predicted molar refractivity (Wildman–Crippen MR) is 101 cm³/mol. The molecule has 8 heteroatoms. The first kappa shape index (κ1) is 18.2. The van der Waals surface area contributed by atoms with E-state index in [1.807, 2.05) is 0 Å². The molecule has 144 valence electrons. The Kier molecular flexibility index (Phi) is 4.99. The number of aromatic nitrogens is 2. The number of carboxylic acids is 1. The van der Waals surface area contributed by atoms with Crippen LogP contribution in [-0.4, -0.2) is 27.1 Å². The monoisotopic (exact) mass is 389 g/mol. The van der Waals surface area contributed by atoms with Gasteiger partial charge in [0.1, 0.15) is 5.00 Å². The molecule has 27 heavy (non-hydrogen) atoms. The predicted octanol–water partition coefficient (Wildman–Crippen LogP) is 3.81. The Morgan fingerprint density at radius 2 is 1.89 bits per heavy atom. The van der Waals surface area contributed by atoms with Crippen molar-refractivity contribution in [1.82, 2.24) is 10.1 Å². The maximum atomic E-state index is 12.9. The minimum atomic E-state index is -0.881. The highest BCUT2D eigenvalue weighted by molar-refractivity contribution is 7.17. The number of rotatable bonds is 4. The zero-order chi connectivity index (χ0) is 19.0. The van der Waals surface area contributed by atoms with Crippen LogP contribution in [0.3, 0.4) is 0 Å². The lowest BCUT2D eigenvalue weighted by Crippen LogP contribution is -2.36. The Balaban J connectivity index is 1.66. The van der Waals surface area contributed by atoms with E-state index in [1.54, 1.807) is 18.3 Å². The van der Waals surface area contributed by atoms with E-state index >= 15 is 0 Å². The minimum absolute atomic E-state index is 0.210. The molecule has 0 saturated heterocycles. The average molecular weight is 389 g/mol. The Hall–Kier alpha value is -2.22. The second kappa shape index (κ2) is 7.42. The normalized spacial score (nSPS) is 22.3. The molecular formula is C19H23N3O4S. The Morgan fingerprint density at radius 1 is 1.15 bits per heavy atom. The van der Waals surface area contributed by atoms with Gasteiger partial charge < -0.3 is 14.9 Å². The SMILES string of the molecule is Cc1noc(-c2c(NC(=O)[C@@H]3CCCC[C@@H]3C(=O)O)sc3c2CCCC3)n1. The summed E-state index contributed by atoms with van der Waals surface area (Å²) < 4.78 is 5.40. The molecule has 2 aromatic heterocycles. The third-order valence-electron chi connectivity index (χ3n) is 5.57. The molecule has 1 amide bonds. The first-order chi connectivity index (χ1) is 13.0. The van der Waals surface area contributed by atoms with Gasteiger partial charge in [0.25, 0.3) is 5.89 Å². The standard InChI is InChI=1S/C19H23N3O4S/c1-10-20-17(26-22-10)15-13-8-4-5-9-14(13)27-18(15)21-16(23)11-6-2-3-7-12(11)19(24)25/h11-12H,2-9H2,1H3,(H,21,23)(H,24,25)/t11-,12+/m1/s1. The van der Waals surface area contributed by atoms with Crippen molar-refractivity contribution in [2.24, 2.45) is 11.8 Å². The zero-order valence-corrected chi connectivity index (χ0v) is 16.1. The molecule has 2 aromatic rings. The van der Waals surface area contributed by atoms with Crippen LogP contribution in [0.25, 0.3) is 11.5 Å². The maximum absolute atomic E-state index is 12.9. The molecule has 0 unspecified atom stereocenters. The van der Waals surface area contributed by atoms with Gasteiger partial charge in [0.15, 0.2) is 5.82 Å². The van der Waals surface area contributed by atoms with Crippen molar-refractivity contribution in [3.8, 4) is 11.5 Å². The van der Waals surface area contributed by atoms with Gasteiger partial charge in [-0.3, -0.25) is 9.59 Å². The van der Waals surface area contributed by atoms with E-state index in [2.05, 4.69) is 15.5 Å². The van der Waals surface area contributed by atoms with Crippen molar-refractivity contribution in [2.45, 2.75) is 58.3 Å². The lowest BCUT2D eigenvalue weighted by Gasteiger charge is -2.27. The molecule has 7 nitrogen and oxygen atoms in total. The summed E-state index contributed by atoms with van der Waals surface area (Å²) in [4.78, 5) is 30.1. The third kappa shape index (κ3) is 3.50. The molecule has 0 spiro atoms. The second-order valence-corrected chi connectivity index (χ2v) is 8.49. The van der Waals surface area contributed by atoms with Gasteiger partial charge in [0.05, 0.1) is 17.4 Å². The molecule has 0 aliphatic heterocycles. The number of nitrogens with zero attached hydrogens (tertiary/aromatic N) is 2. The molecule has 2 heterocycles. The van der Waals surface area contributed by atoms with Crippen molar-refractivity contribution in [3.05, 3.63) is 16.3 Å². The number of carbonyl (C=O) groups excluding carboxylic acids is 1. The van der Waals surface area contributed by atoms with Crippen LogP contribution in [-0.2, 0) is 22.4 Å². The maximum Gasteiger partial charge on any atom is 0.307 e. The fourth-order valence-corrected chi connectivity index (χ4v) is 5.51. The van der Waals surface area contributed by atoms with Crippen molar-refractivity contribution >= 4 is 28.2 Å². The fraction of sp³-hybridized carbons (Fsp3) is 0.579. The van der Waals surface area contributed by atoms with Gasteiger partial charge in [0.2, 0.25) is 5.91 Å². The first-order valence-corrected chi connectivity index (χ1v) is 10.3. The summed E-state index contributed by atoms with van der Waals surface area (Å²) >= 11 is 1.56. The van der Waals surface area contributed by atoms with E-state index in [9.17, 15) is 14.7 Å². The Bertz CT molecular complexity index is 872. The third-order valence-corrected chi connectivity index (χ3v) is 6.78. The molecule has 0 bridgehead atoms. The molecule has 2 N–H and O–H groups in total. The summed E-state index contributed by atoms with van der Waals surface area (Å²) in [6.45, 7) is 1.77. The number of carbonyl (C=O) groups is 2. The summed E-state index contributed by atoms with van der Waals surface area (Å²) in [7, 11) is 0. The largest absolute Gasteiger partial charge is 0.481 e. The highest BCUT2D eigenvalue weighted by atomic mass is 32.1. The number of aliphatic carboxylic acids is 1. The van der Waals surface area contributed by atoms with Gasteiger partial charge >= 0.3 is 5.97 Å². The van der Waals surface area contributed by atoms with Crippen LogP contribution in [0, 0.1) is 18.8 Å². The number of nitrogens with one attached hydrogen (secondary N) is 1. The Labute approximate surface area is 161 Å². The Morgan fingerprint density at radius 3 is 2.59 bits per heavy atom. The van der Waals surface area contributed by atoms with Crippen LogP contribution in [0.15, 0.2) is 4.52 Å². The molecule has 1 saturated carbocycles. The van der Waals surface area contributed by atoms with Crippen molar-refractivity contribution in [1.29, 1.82) is 0 Å². The van der Waals surface area contributed by atoms with E-state index < -0.39 is 17.8 Å². The number of thiophene rings is 1. The summed E-state index contributed by atoms with van der Waals surface area (Å²) in [6.07, 6.45) is 7.07. The smallest absolute Gasteiger partial charge is 0.307 e. The number of amides is 1. The molecule has 2 atom stereocenters. The summed E-state index contributed by atoms with van der Waals surface area (Å²) in [5.41, 5.74) is 2.01.